The normalized spacial score (nSPS) is 19.6. The molecule has 1 aromatic heterocycles. The number of amides is 2. The molecular weight excluding hydrogens is 851 g/mol. The van der Waals surface area contributed by atoms with Crippen molar-refractivity contribution in [2.24, 2.45) is 17.2 Å². The molecule has 28 heteroatoms. The highest BCUT2D eigenvalue weighted by Crippen LogP contribution is 2.66. The van der Waals surface area contributed by atoms with Crippen molar-refractivity contribution >= 4 is 35.1 Å². The van der Waals surface area contributed by atoms with E-state index in [1.165, 1.54) is 0 Å². The van der Waals surface area contributed by atoms with E-state index in [1.807, 2.05) is 13.8 Å². The molecule has 5 unspecified atom stereocenters. The predicted molar refractivity (Wildman–Crippen MR) is 207 cm³/mol. The van der Waals surface area contributed by atoms with Crippen LogP contribution in [0.3, 0.4) is 0 Å². The van der Waals surface area contributed by atoms with Gasteiger partial charge in [-0.05, 0) is 18.2 Å². The van der Waals surface area contributed by atoms with Crippen LogP contribution in [0, 0.1) is 11.8 Å². The van der Waals surface area contributed by atoms with E-state index in [1.54, 1.807) is 24.3 Å². The van der Waals surface area contributed by atoms with Crippen molar-refractivity contribution in [1.29, 1.82) is 0 Å². The van der Waals surface area contributed by atoms with Crippen LogP contribution in [-0.4, -0.2) is 121 Å². The standard InChI is InChI=1S/C29H44N7O18P3.C2H6/c1-55(41,42)53-57(45,46)54-56(43,44)51-15-23-22(50-18-31)13-26(52-23)36-14-20(28(39)35-29(36)40)5-3-8-33-25(37)17-47-10-11-48-24(32)16-49-21-6-2-4-19(12-21)27(38)34-9-7-30;1-2/h2,4,6,12,14,22-24,26H,7-11,13,15-18,30-32H2,1H3,(H,33,37)(H,34,38)(H,41,42)(H,43,44)(H,45,46)(H,35,39,40);1-2H3/t22-,23?,24?,26-;/m1./s1. The Labute approximate surface area is 337 Å². The van der Waals surface area contributed by atoms with Crippen LogP contribution in [0.15, 0.2) is 40.1 Å². The minimum absolute atomic E-state index is 0.00836. The first-order chi connectivity index (χ1) is 27.8. The van der Waals surface area contributed by atoms with Crippen molar-refractivity contribution in [3.8, 4) is 17.6 Å². The van der Waals surface area contributed by atoms with E-state index in [9.17, 15) is 42.7 Å². The Hall–Kier alpha value is -3.63. The Balaban J connectivity index is 0.00000590. The lowest BCUT2D eigenvalue weighted by Crippen LogP contribution is -2.34. The van der Waals surface area contributed by atoms with Crippen LogP contribution >= 0.6 is 23.2 Å². The number of hydrogen-bond donors (Lipinski definition) is 9. The molecule has 2 aromatic rings. The van der Waals surface area contributed by atoms with Gasteiger partial charge in [-0.25, -0.2) is 18.2 Å². The zero-order valence-electron chi connectivity index (χ0n) is 32.3. The number of phosphoric acid groups is 2. The van der Waals surface area contributed by atoms with Gasteiger partial charge in [-0.15, -0.1) is 0 Å². The topological polar surface area (TPSA) is 377 Å². The molecule has 7 atom stereocenters. The van der Waals surface area contributed by atoms with E-state index in [4.69, 9.17) is 45.8 Å². The van der Waals surface area contributed by atoms with Gasteiger partial charge in [0.15, 0.2) is 0 Å². The van der Waals surface area contributed by atoms with Gasteiger partial charge in [0, 0.05) is 37.9 Å². The minimum Gasteiger partial charge on any atom is -0.489 e. The number of ether oxygens (including phenoxy) is 5. The number of nitrogens with zero attached hydrogens (tertiary/aromatic N) is 1. The van der Waals surface area contributed by atoms with Crippen molar-refractivity contribution in [2.75, 3.05) is 66.1 Å². The van der Waals surface area contributed by atoms with Gasteiger partial charge in [0.2, 0.25) is 5.91 Å². The predicted octanol–water partition coefficient (Wildman–Crippen LogP) is -1.23. The van der Waals surface area contributed by atoms with Crippen molar-refractivity contribution in [2.45, 2.75) is 44.9 Å². The van der Waals surface area contributed by atoms with Crippen LogP contribution in [0.1, 0.15) is 42.4 Å². The molecule has 0 aliphatic carbocycles. The Kier molecular flexibility index (Phi) is 22.0. The Bertz CT molecular complexity index is 2000. The lowest BCUT2D eigenvalue weighted by molar-refractivity contribution is -0.126. The minimum atomic E-state index is -5.53. The molecule has 0 bridgehead atoms. The molecule has 0 spiro atoms. The highest BCUT2D eigenvalue weighted by atomic mass is 31.3. The molecule has 2 heterocycles. The maximum absolute atomic E-state index is 12.6. The molecule has 1 aromatic carbocycles. The zero-order valence-corrected chi connectivity index (χ0v) is 34.9. The smallest absolute Gasteiger partial charge is 0.488 e. The highest BCUT2D eigenvalue weighted by molar-refractivity contribution is 7.68. The van der Waals surface area contributed by atoms with E-state index in [2.05, 4.69) is 40.6 Å². The second-order valence-electron chi connectivity index (χ2n) is 11.6. The molecule has 0 saturated carbocycles. The Morgan fingerprint density at radius 3 is 2.49 bits per heavy atom. The fourth-order valence-corrected chi connectivity index (χ4v) is 8.12. The van der Waals surface area contributed by atoms with Gasteiger partial charge in [0.1, 0.15) is 43.1 Å². The second-order valence-corrected chi connectivity index (χ2v) is 16.6. The second kappa shape index (κ2) is 25.2. The summed E-state index contributed by atoms with van der Waals surface area (Å²) in [7, 11) is -15.5. The number of carbonyl (C=O) groups excluding carboxylic acids is 2. The van der Waals surface area contributed by atoms with Crippen LogP contribution in [0.4, 0.5) is 0 Å². The third-order valence-corrected chi connectivity index (χ3v) is 11.1. The van der Waals surface area contributed by atoms with Crippen molar-refractivity contribution < 1.29 is 74.8 Å². The molecule has 59 heavy (non-hydrogen) atoms. The third kappa shape index (κ3) is 19.5. The molecule has 1 aliphatic heterocycles. The highest BCUT2D eigenvalue weighted by Gasteiger charge is 2.43. The lowest BCUT2D eigenvalue weighted by Gasteiger charge is -2.21. The molecule has 1 fully saturated rings. The van der Waals surface area contributed by atoms with E-state index >= 15 is 0 Å². The van der Waals surface area contributed by atoms with Gasteiger partial charge in [-0.1, -0.05) is 31.8 Å². The first-order valence-electron chi connectivity index (χ1n) is 17.6. The van der Waals surface area contributed by atoms with Crippen LogP contribution in [0.25, 0.3) is 0 Å². The van der Waals surface area contributed by atoms with Gasteiger partial charge >= 0.3 is 28.9 Å². The molecule has 12 N–H and O–H groups in total. The summed E-state index contributed by atoms with van der Waals surface area (Å²) in [4.78, 5) is 79.8. The summed E-state index contributed by atoms with van der Waals surface area (Å²) in [6.45, 7) is 3.40. The summed E-state index contributed by atoms with van der Waals surface area (Å²) < 4.78 is 76.1. The van der Waals surface area contributed by atoms with E-state index in [0.717, 1.165) is 10.8 Å². The number of rotatable bonds is 23. The maximum atomic E-state index is 12.6. The van der Waals surface area contributed by atoms with Crippen LogP contribution < -0.4 is 43.8 Å². The average Bonchev–Trinajstić information content (AvgIpc) is 3.56. The molecule has 1 saturated heterocycles. The number of benzene rings is 1. The van der Waals surface area contributed by atoms with Gasteiger partial charge in [0.25, 0.3) is 11.5 Å². The molecule has 3 rings (SSSR count). The Morgan fingerprint density at radius 2 is 1.81 bits per heavy atom. The fraction of sp³-hybridized carbons (Fsp3) is 0.548. The number of hydrogen-bond acceptors (Lipinski definition) is 18. The molecule has 332 valence electrons. The molecule has 2 amide bonds. The van der Waals surface area contributed by atoms with Crippen LogP contribution in [0.2, 0.25) is 0 Å². The fourth-order valence-electron chi connectivity index (χ4n) is 4.63. The SMILES string of the molecule is CC.CP(=O)(O)OP(=O)(O)OP(=O)(O)OCC1O[C@@H](n2cc(C#CCNC(=O)COCCOC(N)COc3cccc(C(=O)NCCN)c3)c(=O)[nH]c2=O)C[C@H]1OCN. The summed E-state index contributed by atoms with van der Waals surface area (Å²) in [6.07, 6.45) is -3.27. The number of phosphoric ester groups is 1. The van der Waals surface area contributed by atoms with E-state index in [-0.39, 0.29) is 57.6 Å². The summed E-state index contributed by atoms with van der Waals surface area (Å²) >= 11 is 0. The summed E-state index contributed by atoms with van der Waals surface area (Å²) in [5.74, 6) is 4.65. The number of aromatic amines is 1. The van der Waals surface area contributed by atoms with Crippen molar-refractivity contribution in [3.05, 3.63) is 62.4 Å². The van der Waals surface area contributed by atoms with Crippen molar-refractivity contribution in [3.63, 3.8) is 0 Å². The first-order valence-corrected chi connectivity index (χ1v) is 22.6. The average molecular weight is 902 g/mol. The summed E-state index contributed by atoms with van der Waals surface area (Å²) in [5, 5.41) is 5.12. The largest absolute Gasteiger partial charge is 0.489 e. The quantitative estimate of drug-likeness (QED) is 0.0273. The van der Waals surface area contributed by atoms with Gasteiger partial charge in [-0.3, -0.25) is 33.0 Å². The van der Waals surface area contributed by atoms with Gasteiger partial charge < -0.3 is 66.2 Å². The third-order valence-electron chi connectivity index (χ3n) is 6.96. The number of carbonyl (C=O) groups is 2. The molecule has 25 nitrogen and oxygen atoms in total. The number of nitrogens with two attached hydrogens (primary N) is 3. The summed E-state index contributed by atoms with van der Waals surface area (Å²) in [6, 6.07) is 6.47. The first kappa shape index (κ1) is 51.5. The molecular formula is C31H50N7O18P3. The lowest BCUT2D eigenvalue weighted by atomic mass is 10.2. The molecule has 0 radical (unpaired) electrons. The number of H-pyrrole nitrogens is 1. The van der Waals surface area contributed by atoms with Crippen molar-refractivity contribution in [1.82, 2.24) is 20.2 Å². The van der Waals surface area contributed by atoms with E-state index < -0.39 is 71.7 Å². The van der Waals surface area contributed by atoms with E-state index in [0.29, 0.717) is 31.1 Å². The van der Waals surface area contributed by atoms with Gasteiger partial charge in [-0.2, -0.15) is 4.31 Å². The number of nitrogens with one attached hydrogen (secondary N) is 3. The maximum Gasteiger partial charge on any atom is 0.488 e. The summed E-state index contributed by atoms with van der Waals surface area (Å²) in [5.41, 5.74) is 15.1. The number of aromatic nitrogens is 2. The van der Waals surface area contributed by atoms with Gasteiger partial charge in [0.05, 0.1) is 39.2 Å². The van der Waals surface area contributed by atoms with Crippen LogP contribution in [-0.2, 0) is 50.6 Å². The Morgan fingerprint density at radius 1 is 1.08 bits per heavy atom. The molecule has 1 aliphatic rings. The monoisotopic (exact) mass is 901 g/mol. The van der Waals surface area contributed by atoms with Crippen LogP contribution in [0.5, 0.6) is 5.75 Å². The zero-order chi connectivity index (χ0) is 44.2.